The molecule has 9 aromatic carbocycles. The van der Waals surface area contributed by atoms with E-state index in [4.69, 9.17) is 4.42 Å². The van der Waals surface area contributed by atoms with Crippen molar-refractivity contribution in [1.29, 1.82) is 0 Å². The number of rotatable bonds is 7. The fraction of sp³-hybridized carbons (Fsp3) is 0. The Hall–Kier alpha value is -7.16. The maximum atomic E-state index is 7.05. The average Bonchev–Trinajstić information content (AvgIpc) is 3.66. The van der Waals surface area contributed by atoms with Gasteiger partial charge < -0.3 is 9.32 Å². The first-order valence-electron chi connectivity index (χ1n) is 18.4. The second kappa shape index (κ2) is 13.4. The van der Waals surface area contributed by atoms with Crippen molar-refractivity contribution in [1.82, 2.24) is 0 Å². The molecule has 0 unspecified atom stereocenters. The van der Waals surface area contributed by atoms with Crippen LogP contribution in [0.4, 0.5) is 17.1 Å². The van der Waals surface area contributed by atoms with E-state index in [1.807, 2.05) is 0 Å². The van der Waals surface area contributed by atoms with E-state index in [0.29, 0.717) is 0 Å². The predicted molar refractivity (Wildman–Crippen MR) is 228 cm³/mol. The minimum atomic E-state index is 0.874. The number of anilines is 3. The Kier molecular flexibility index (Phi) is 7.85. The second-order valence-electron chi connectivity index (χ2n) is 13.7. The molecule has 0 saturated heterocycles. The van der Waals surface area contributed by atoms with Crippen LogP contribution in [0.1, 0.15) is 0 Å². The molecule has 0 N–H and O–H groups in total. The van der Waals surface area contributed by atoms with Crippen molar-refractivity contribution < 1.29 is 4.42 Å². The van der Waals surface area contributed by atoms with E-state index in [-0.39, 0.29) is 0 Å². The van der Waals surface area contributed by atoms with Gasteiger partial charge in [0.1, 0.15) is 11.2 Å². The summed E-state index contributed by atoms with van der Waals surface area (Å²) in [6.07, 6.45) is 0. The molecular weight excluding hydrogens is 655 g/mol. The van der Waals surface area contributed by atoms with Gasteiger partial charge in [0.25, 0.3) is 0 Å². The number of hydrogen-bond donors (Lipinski definition) is 0. The zero-order chi connectivity index (χ0) is 35.8. The van der Waals surface area contributed by atoms with Gasteiger partial charge in [-0.3, -0.25) is 0 Å². The van der Waals surface area contributed by atoms with Gasteiger partial charge in [0.2, 0.25) is 0 Å². The van der Waals surface area contributed by atoms with E-state index in [9.17, 15) is 0 Å². The van der Waals surface area contributed by atoms with Gasteiger partial charge in [0.05, 0.1) is 11.1 Å². The first-order chi connectivity index (χ1) is 26.8. The zero-order valence-corrected chi connectivity index (χ0v) is 29.6. The Labute approximate surface area is 314 Å². The number of furan rings is 1. The van der Waals surface area contributed by atoms with E-state index >= 15 is 0 Å². The van der Waals surface area contributed by atoms with Gasteiger partial charge in [-0.1, -0.05) is 164 Å². The molecule has 0 atom stereocenters. The Balaban J connectivity index is 1.29. The summed E-state index contributed by atoms with van der Waals surface area (Å²) in [6.45, 7) is 0. The van der Waals surface area contributed by atoms with Gasteiger partial charge in [0.15, 0.2) is 0 Å². The van der Waals surface area contributed by atoms with E-state index < -0.39 is 0 Å². The predicted octanol–water partition coefficient (Wildman–Crippen LogP) is 14.9. The van der Waals surface area contributed by atoms with Gasteiger partial charge in [-0.05, 0) is 92.9 Å². The fourth-order valence-corrected chi connectivity index (χ4v) is 7.82. The minimum Gasteiger partial charge on any atom is -0.455 e. The fourth-order valence-electron chi connectivity index (χ4n) is 7.82. The lowest BCUT2D eigenvalue weighted by Gasteiger charge is -2.28. The van der Waals surface area contributed by atoms with Crippen LogP contribution < -0.4 is 4.90 Å². The average molecular weight is 690 g/mol. The molecule has 0 amide bonds. The van der Waals surface area contributed by atoms with Gasteiger partial charge in [-0.25, -0.2) is 0 Å². The summed E-state index contributed by atoms with van der Waals surface area (Å²) >= 11 is 0. The van der Waals surface area contributed by atoms with Crippen molar-refractivity contribution >= 4 is 49.8 Å². The van der Waals surface area contributed by atoms with Crippen LogP contribution in [0, 0.1) is 0 Å². The van der Waals surface area contributed by atoms with Crippen LogP contribution in [-0.4, -0.2) is 0 Å². The summed E-state index contributed by atoms with van der Waals surface area (Å²) in [5, 5.41) is 4.43. The van der Waals surface area contributed by atoms with Gasteiger partial charge >= 0.3 is 0 Å². The molecule has 254 valence electrons. The number of benzene rings is 9. The Morgan fingerprint density at radius 1 is 0.315 bits per heavy atom. The first-order valence-corrected chi connectivity index (χ1v) is 18.4. The van der Waals surface area contributed by atoms with Gasteiger partial charge in [0, 0.05) is 27.7 Å². The summed E-state index contributed by atoms with van der Waals surface area (Å²) in [4.78, 5) is 2.41. The van der Waals surface area contributed by atoms with Crippen molar-refractivity contribution in [2.75, 3.05) is 4.90 Å². The van der Waals surface area contributed by atoms with Crippen LogP contribution in [-0.2, 0) is 0 Å². The largest absolute Gasteiger partial charge is 0.455 e. The molecule has 1 heterocycles. The van der Waals surface area contributed by atoms with Crippen LogP contribution in [0.25, 0.3) is 77.2 Å². The third-order valence-electron chi connectivity index (χ3n) is 10.4. The molecular formula is C52H35NO. The minimum absolute atomic E-state index is 0.874. The van der Waals surface area contributed by atoms with Crippen molar-refractivity contribution in [2.24, 2.45) is 0 Å². The Bertz CT molecular complexity index is 2840. The van der Waals surface area contributed by atoms with Crippen molar-refractivity contribution in [2.45, 2.75) is 0 Å². The van der Waals surface area contributed by atoms with E-state index in [1.165, 1.54) is 22.3 Å². The third-order valence-corrected chi connectivity index (χ3v) is 10.4. The quantitative estimate of drug-likeness (QED) is 0.166. The van der Waals surface area contributed by atoms with Crippen LogP contribution in [0.15, 0.2) is 217 Å². The highest BCUT2D eigenvalue weighted by Gasteiger charge is 2.24. The van der Waals surface area contributed by atoms with E-state index in [0.717, 1.165) is 72.0 Å². The maximum Gasteiger partial charge on any atom is 0.145 e. The lowest BCUT2D eigenvalue weighted by molar-refractivity contribution is 0.674. The Morgan fingerprint density at radius 2 is 0.833 bits per heavy atom. The van der Waals surface area contributed by atoms with Crippen LogP contribution >= 0.6 is 0 Å². The van der Waals surface area contributed by atoms with Gasteiger partial charge in [-0.2, -0.15) is 0 Å². The molecule has 0 aliphatic carbocycles. The lowest BCUT2D eigenvalue weighted by atomic mass is 9.96. The number of nitrogens with zero attached hydrogens (tertiary/aromatic N) is 1. The highest BCUT2D eigenvalue weighted by atomic mass is 16.3. The topological polar surface area (TPSA) is 16.4 Å². The molecule has 10 aromatic rings. The van der Waals surface area contributed by atoms with Crippen molar-refractivity contribution in [3.05, 3.63) is 212 Å². The van der Waals surface area contributed by atoms with Crippen LogP contribution in [0.3, 0.4) is 0 Å². The summed E-state index contributed by atoms with van der Waals surface area (Å²) in [7, 11) is 0. The summed E-state index contributed by atoms with van der Waals surface area (Å²) in [5.74, 6) is 0. The standard InChI is InChI=1S/C52H35NO/c1-5-15-36(16-6-1)39-25-28-44(29-26-39)53(45-34-42(37-17-7-2-8-18-37)33-43(35-45)38-19-9-3-10-20-38)49-32-31-47(40-21-11-4-12-22-40)52-50(49)48-30-27-41-23-13-14-24-46(41)51(48)54-52/h1-35H. The smallest absolute Gasteiger partial charge is 0.145 e. The van der Waals surface area contributed by atoms with Crippen molar-refractivity contribution in [3.63, 3.8) is 0 Å². The van der Waals surface area contributed by atoms with E-state index in [2.05, 4.69) is 217 Å². The molecule has 10 rings (SSSR count). The molecule has 0 aliphatic rings. The summed E-state index contributed by atoms with van der Waals surface area (Å²) < 4.78 is 7.05. The molecule has 2 nitrogen and oxygen atoms in total. The molecule has 1 aromatic heterocycles. The first kappa shape index (κ1) is 31.6. The molecule has 0 radical (unpaired) electrons. The maximum absolute atomic E-state index is 7.05. The second-order valence-corrected chi connectivity index (χ2v) is 13.7. The molecule has 0 bridgehead atoms. The van der Waals surface area contributed by atoms with Crippen LogP contribution in [0.5, 0.6) is 0 Å². The van der Waals surface area contributed by atoms with Gasteiger partial charge in [-0.15, -0.1) is 0 Å². The van der Waals surface area contributed by atoms with Crippen LogP contribution in [0.2, 0.25) is 0 Å². The highest BCUT2D eigenvalue weighted by molar-refractivity contribution is 6.22. The zero-order valence-electron chi connectivity index (χ0n) is 29.6. The van der Waals surface area contributed by atoms with E-state index in [1.54, 1.807) is 0 Å². The molecule has 0 spiro atoms. The molecule has 2 heteroatoms. The Morgan fingerprint density at radius 3 is 1.44 bits per heavy atom. The third kappa shape index (κ3) is 5.62. The summed E-state index contributed by atoms with van der Waals surface area (Å²) in [6, 6.07) is 75.8. The number of fused-ring (bicyclic) bond motifs is 5. The molecule has 0 saturated carbocycles. The normalized spacial score (nSPS) is 11.3. The highest BCUT2D eigenvalue weighted by Crippen LogP contribution is 2.48. The summed E-state index contributed by atoms with van der Waals surface area (Å²) in [5.41, 5.74) is 14.1. The molecule has 0 fully saturated rings. The van der Waals surface area contributed by atoms with Crippen molar-refractivity contribution in [3.8, 4) is 44.5 Å². The monoisotopic (exact) mass is 689 g/mol. The molecule has 0 aliphatic heterocycles. The lowest BCUT2D eigenvalue weighted by Crippen LogP contribution is -2.11. The SMILES string of the molecule is c1ccc(-c2ccc(N(c3cc(-c4ccccc4)cc(-c4ccccc4)c3)c3ccc(-c4ccccc4)c4oc5c6ccccc6ccc5c34)cc2)cc1. The molecule has 54 heavy (non-hydrogen) atoms. The number of hydrogen-bond acceptors (Lipinski definition) is 2.